The largest absolute Gasteiger partial charge is 0.449 e. The highest BCUT2D eigenvalue weighted by Gasteiger charge is 2.28. The normalized spacial score (nSPS) is 16.1. The van der Waals surface area contributed by atoms with Gasteiger partial charge in [0, 0.05) is 5.56 Å². The molecule has 0 atom stereocenters. The SMILES string of the molecule is O=S1(=O)N=C(N/N=C/c2ccc(I)o2)c2ccccc21. The molecular weight excluding hydrogens is 393 g/mol. The van der Waals surface area contributed by atoms with Gasteiger partial charge >= 0.3 is 0 Å². The number of benzene rings is 1. The van der Waals surface area contributed by atoms with E-state index in [1.165, 1.54) is 12.3 Å². The highest BCUT2D eigenvalue weighted by Crippen LogP contribution is 2.24. The Balaban J connectivity index is 1.84. The van der Waals surface area contributed by atoms with Gasteiger partial charge in [0.1, 0.15) is 10.7 Å². The highest BCUT2D eigenvalue weighted by atomic mass is 127. The van der Waals surface area contributed by atoms with Crippen molar-refractivity contribution in [2.45, 2.75) is 4.90 Å². The number of nitrogens with zero attached hydrogens (tertiary/aromatic N) is 2. The molecule has 1 aliphatic heterocycles. The van der Waals surface area contributed by atoms with Gasteiger partial charge in [-0.2, -0.15) is 13.5 Å². The van der Waals surface area contributed by atoms with Crippen molar-refractivity contribution in [3.63, 3.8) is 0 Å². The fourth-order valence-electron chi connectivity index (χ4n) is 1.74. The number of hydrogen-bond donors (Lipinski definition) is 1. The second-order valence-corrected chi connectivity index (χ2v) is 6.56. The molecule has 0 amide bonds. The summed E-state index contributed by atoms with van der Waals surface area (Å²) in [6.07, 6.45) is 1.46. The summed E-state index contributed by atoms with van der Waals surface area (Å²) in [6.45, 7) is 0. The molecular formula is C12H8IN3O3S. The molecule has 0 radical (unpaired) electrons. The highest BCUT2D eigenvalue weighted by molar-refractivity contribution is 14.1. The maximum Gasteiger partial charge on any atom is 0.285 e. The van der Waals surface area contributed by atoms with E-state index < -0.39 is 10.0 Å². The molecule has 2 aromatic rings. The minimum absolute atomic E-state index is 0.185. The first-order valence-electron chi connectivity index (χ1n) is 5.55. The number of fused-ring (bicyclic) bond motifs is 1. The second kappa shape index (κ2) is 5.02. The lowest BCUT2D eigenvalue weighted by molar-refractivity contribution is 0.531. The average Bonchev–Trinajstić information content (AvgIpc) is 2.93. The number of amidine groups is 1. The molecule has 0 fully saturated rings. The summed E-state index contributed by atoms with van der Waals surface area (Å²) in [5.41, 5.74) is 3.14. The molecule has 1 aromatic heterocycles. The van der Waals surface area contributed by atoms with Crippen LogP contribution < -0.4 is 5.43 Å². The molecule has 6 nitrogen and oxygen atoms in total. The zero-order chi connectivity index (χ0) is 14.2. The Labute approximate surface area is 128 Å². The number of rotatable bonds is 2. The summed E-state index contributed by atoms with van der Waals surface area (Å²) in [5, 5.41) is 3.93. The van der Waals surface area contributed by atoms with Crippen molar-refractivity contribution in [3.05, 3.63) is 51.5 Å². The van der Waals surface area contributed by atoms with Crippen LogP contribution in [0.5, 0.6) is 0 Å². The lowest BCUT2D eigenvalue weighted by Crippen LogP contribution is -2.17. The van der Waals surface area contributed by atoms with E-state index in [9.17, 15) is 8.42 Å². The van der Waals surface area contributed by atoms with Crippen molar-refractivity contribution in [1.29, 1.82) is 0 Å². The minimum Gasteiger partial charge on any atom is -0.449 e. The summed E-state index contributed by atoms with van der Waals surface area (Å²) >= 11 is 2.04. The Bertz CT molecular complexity index is 824. The summed E-state index contributed by atoms with van der Waals surface area (Å²) in [5.74, 6) is 0.773. The van der Waals surface area contributed by atoms with E-state index >= 15 is 0 Å². The number of hydrazone groups is 1. The fraction of sp³-hybridized carbons (Fsp3) is 0. The average molecular weight is 401 g/mol. The lowest BCUT2D eigenvalue weighted by atomic mass is 10.2. The zero-order valence-corrected chi connectivity index (χ0v) is 12.9. The van der Waals surface area contributed by atoms with E-state index in [4.69, 9.17) is 4.42 Å². The van der Waals surface area contributed by atoms with E-state index in [1.54, 1.807) is 30.3 Å². The first-order valence-corrected chi connectivity index (χ1v) is 8.07. The maximum atomic E-state index is 11.8. The Hall–Kier alpha value is -1.68. The van der Waals surface area contributed by atoms with E-state index in [0.717, 1.165) is 3.77 Å². The Morgan fingerprint density at radius 1 is 1.25 bits per heavy atom. The number of sulfonamides is 1. The van der Waals surface area contributed by atoms with Crippen LogP contribution in [0.15, 0.2) is 55.2 Å². The molecule has 0 unspecified atom stereocenters. The predicted octanol–water partition coefficient (Wildman–Crippen LogP) is 1.96. The summed E-state index contributed by atoms with van der Waals surface area (Å²) in [6, 6.07) is 10.2. The van der Waals surface area contributed by atoms with Crippen molar-refractivity contribution in [1.82, 2.24) is 5.43 Å². The molecule has 8 heteroatoms. The van der Waals surface area contributed by atoms with Crippen molar-refractivity contribution in [2.24, 2.45) is 9.50 Å². The van der Waals surface area contributed by atoms with Gasteiger partial charge in [0.2, 0.25) is 0 Å². The molecule has 1 aliphatic rings. The maximum absolute atomic E-state index is 11.8. The van der Waals surface area contributed by atoms with Gasteiger partial charge in [-0.1, -0.05) is 12.1 Å². The molecule has 0 bridgehead atoms. The molecule has 1 aromatic carbocycles. The molecule has 0 aliphatic carbocycles. The quantitative estimate of drug-likeness (QED) is 0.474. The summed E-state index contributed by atoms with van der Waals surface area (Å²) in [7, 11) is -3.62. The third kappa shape index (κ3) is 2.48. The van der Waals surface area contributed by atoms with Crippen LogP contribution in [0.1, 0.15) is 11.3 Å². The summed E-state index contributed by atoms with van der Waals surface area (Å²) in [4.78, 5) is 0.185. The van der Waals surface area contributed by atoms with Gasteiger partial charge < -0.3 is 4.42 Å². The van der Waals surface area contributed by atoms with Crippen LogP contribution in [0, 0.1) is 3.77 Å². The first-order chi connectivity index (χ1) is 9.56. The Kier molecular flexibility index (Phi) is 3.34. The standard InChI is InChI=1S/C12H8IN3O3S/c13-11-6-5-8(19-11)7-14-15-12-9-3-1-2-4-10(9)20(17,18)16-12/h1-7H,(H,15,16)/b14-7+. The van der Waals surface area contributed by atoms with E-state index in [0.29, 0.717) is 11.3 Å². The van der Waals surface area contributed by atoms with Gasteiger partial charge in [-0.25, -0.2) is 0 Å². The zero-order valence-electron chi connectivity index (χ0n) is 9.95. The molecule has 3 rings (SSSR count). The Morgan fingerprint density at radius 3 is 2.80 bits per heavy atom. The van der Waals surface area contributed by atoms with Crippen molar-refractivity contribution in [3.8, 4) is 0 Å². The molecule has 102 valence electrons. The van der Waals surface area contributed by atoms with Crippen LogP contribution in [-0.2, 0) is 10.0 Å². The monoisotopic (exact) mass is 401 g/mol. The van der Waals surface area contributed by atoms with Crippen LogP contribution in [0.2, 0.25) is 0 Å². The van der Waals surface area contributed by atoms with Crippen molar-refractivity contribution >= 4 is 44.7 Å². The van der Waals surface area contributed by atoms with Crippen molar-refractivity contribution in [2.75, 3.05) is 0 Å². The molecule has 0 spiro atoms. The fourth-order valence-corrected chi connectivity index (χ4v) is 3.35. The van der Waals surface area contributed by atoms with E-state index in [-0.39, 0.29) is 10.7 Å². The smallest absolute Gasteiger partial charge is 0.285 e. The second-order valence-electron chi connectivity index (χ2n) is 3.92. The van der Waals surface area contributed by atoms with Gasteiger partial charge in [0.15, 0.2) is 9.60 Å². The van der Waals surface area contributed by atoms with E-state index in [1.807, 2.05) is 22.6 Å². The van der Waals surface area contributed by atoms with Gasteiger partial charge in [-0.3, -0.25) is 5.43 Å². The third-order valence-corrected chi connectivity index (χ3v) is 4.50. The van der Waals surface area contributed by atoms with Crippen LogP contribution in [0.25, 0.3) is 0 Å². The van der Waals surface area contributed by atoms with Crippen LogP contribution in [0.4, 0.5) is 0 Å². The molecule has 20 heavy (non-hydrogen) atoms. The van der Waals surface area contributed by atoms with Crippen LogP contribution >= 0.6 is 22.6 Å². The minimum atomic E-state index is -3.62. The molecule has 1 N–H and O–H groups in total. The van der Waals surface area contributed by atoms with Crippen molar-refractivity contribution < 1.29 is 12.8 Å². The number of halogens is 1. The van der Waals surface area contributed by atoms with Gasteiger partial charge in [0.05, 0.1) is 6.21 Å². The van der Waals surface area contributed by atoms with Gasteiger partial charge in [-0.05, 0) is 46.9 Å². The molecule has 0 saturated carbocycles. The van der Waals surface area contributed by atoms with Gasteiger partial charge in [-0.15, -0.1) is 4.40 Å². The topological polar surface area (TPSA) is 84.0 Å². The Morgan fingerprint density at radius 2 is 2.05 bits per heavy atom. The van der Waals surface area contributed by atoms with Crippen LogP contribution in [-0.4, -0.2) is 20.5 Å². The lowest BCUT2D eigenvalue weighted by Gasteiger charge is -1.99. The number of hydrogen-bond acceptors (Lipinski definition) is 5. The summed E-state index contributed by atoms with van der Waals surface area (Å²) < 4.78 is 33.3. The number of nitrogens with one attached hydrogen (secondary N) is 1. The van der Waals surface area contributed by atoms with Gasteiger partial charge in [0.25, 0.3) is 10.0 Å². The first kappa shape index (κ1) is 13.3. The predicted molar refractivity (Wildman–Crippen MR) is 82.3 cm³/mol. The molecule has 0 saturated heterocycles. The van der Waals surface area contributed by atoms with E-state index in [2.05, 4.69) is 14.9 Å². The third-order valence-electron chi connectivity index (χ3n) is 2.59. The van der Waals surface area contributed by atoms with Crippen LogP contribution in [0.3, 0.4) is 0 Å². The number of furan rings is 1. The molecule has 2 heterocycles.